The van der Waals surface area contributed by atoms with Crippen molar-refractivity contribution in [3.05, 3.63) is 35.4 Å². The predicted molar refractivity (Wildman–Crippen MR) is 68.9 cm³/mol. The van der Waals surface area contributed by atoms with E-state index in [2.05, 4.69) is 5.32 Å². The minimum atomic E-state index is -4.34. The van der Waals surface area contributed by atoms with Crippen LogP contribution in [-0.4, -0.2) is 19.8 Å². The highest BCUT2D eigenvalue weighted by Gasteiger charge is 2.35. The van der Waals surface area contributed by atoms with Crippen LogP contribution in [0.3, 0.4) is 0 Å². The van der Waals surface area contributed by atoms with Gasteiger partial charge >= 0.3 is 6.18 Å². The lowest BCUT2D eigenvalue weighted by Crippen LogP contribution is -2.31. The maximum Gasteiger partial charge on any atom is 0.416 e. The molecule has 1 N–H and O–H groups in total. The van der Waals surface area contributed by atoms with Crippen molar-refractivity contribution in [1.29, 1.82) is 0 Å². The molecule has 5 heteroatoms. The first-order chi connectivity index (χ1) is 8.71. The standard InChI is InChI=1S/C14H20F3NO/c1-13(2,19-4)9-12(18-3)10-7-5-6-8-11(10)14(15,16)17/h5-8,12,18H,9H2,1-4H3. The summed E-state index contributed by atoms with van der Waals surface area (Å²) in [4.78, 5) is 0. The number of halogens is 3. The van der Waals surface area contributed by atoms with Crippen molar-refractivity contribution in [2.75, 3.05) is 14.2 Å². The first-order valence-electron chi connectivity index (χ1n) is 6.10. The summed E-state index contributed by atoms with van der Waals surface area (Å²) in [5.74, 6) is 0. The zero-order valence-corrected chi connectivity index (χ0v) is 11.6. The van der Waals surface area contributed by atoms with Crippen molar-refractivity contribution in [2.45, 2.75) is 38.1 Å². The zero-order chi connectivity index (χ0) is 14.7. The first-order valence-corrected chi connectivity index (χ1v) is 6.10. The molecule has 0 saturated heterocycles. The van der Waals surface area contributed by atoms with E-state index >= 15 is 0 Å². The van der Waals surface area contributed by atoms with Gasteiger partial charge in [0.1, 0.15) is 0 Å². The van der Waals surface area contributed by atoms with Crippen molar-refractivity contribution >= 4 is 0 Å². The van der Waals surface area contributed by atoms with Gasteiger partial charge in [0.15, 0.2) is 0 Å². The molecule has 1 unspecified atom stereocenters. The molecular formula is C14H20F3NO. The van der Waals surface area contributed by atoms with E-state index in [1.807, 2.05) is 13.8 Å². The highest BCUT2D eigenvalue weighted by atomic mass is 19.4. The Labute approximate surface area is 112 Å². The summed E-state index contributed by atoms with van der Waals surface area (Å²) in [6.07, 6.45) is -3.89. The zero-order valence-electron chi connectivity index (χ0n) is 11.6. The summed E-state index contributed by atoms with van der Waals surface area (Å²) in [6.45, 7) is 3.71. The average molecular weight is 275 g/mol. The molecule has 0 aliphatic carbocycles. The molecule has 19 heavy (non-hydrogen) atoms. The highest BCUT2D eigenvalue weighted by molar-refractivity contribution is 5.32. The Morgan fingerprint density at radius 3 is 2.26 bits per heavy atom. The number of ether oxygens (including phenoxy) is 1. The Morgan fingerprint density at radius 2 is 1.79 bits per heavy atom. The van der Waals surface area contributed by atoms with Gasteiger partial charge in [-0.15, -0.1) is 0 Å². The van der Waals surface area contributed by atoms with Gasteiger partial charge in [-0.25, -0.2) is 0 Å². The minimum absolute atomic E-state index is 0.252. The van der Waals surface area contributed by atoms with Crippen LogP contribution in [0, 0.1) is 0 Å². The topological polar surface area (TPSA) is 21.3 Å². The molecule has 0 aromatic heterocycles. The van der Waals surface area contributed by atoms with Crippen LogP contribution in [0.4, 0.5) is 13.2 Å². The van der Waals surface area contributed by atoms with Crippen LogP contribution in [0.2, 0.25) is 0 Å². The van der Waals surface area contributed by atoms with Crippen LogP contribution in [-0.2, 0) is 10.9 Å². The molecule has 1 rings (SSSR count). The van der Waals surface area contributed by atoms with Crippen LogP contribution in [0.1, 0.15) is 37.4 Å². The maximum atomic E-state index is 13.0. The predicted octanol–water partition coefficient (Wildman–Crippen LogP) is 3.78. The summed E-state index contributed by atoms with van der Waals surface area (Å²) in [5, 5.41) is 2.94. The molecular weight excluding hydrogens is 255 g/mol. The maximum absolute atomic E-state index is 13.0. The summed E-state index contributed by atoms with van der Waals surface area (Å²) in [6, 6.07) is 5.23. The molecule has 0 saturated carbocycles. The lowest BCUT2D eigenvalue weighted by molar-refractivity contribution is -0.138. The van der Waals surface area contributed by atoms with Crippen molar-refractivity contribution in [2.24, 2.45) is 0 Å². The third-order valence-electron chi connectivity index (χ3n) is 3.24. The molecule has 0 aliphatic heterocycles. The third-order valence-corrected chi connectivity index (χ3v) is 3.24. The van der Waals surface area contributed by atoms with Gasteiger partial charge in [0.05, 0.1) is 11.2 Å². The molecule has 0 spiro atoms. The quantitative estimate of drug-likeness (QED) is 0.883. The second kappa shape index (κ2) is 5.92. The van der Waals surface area contributed by atoms with E-state index in [1.54, 1.807) is 20.2 Å². The largest absolute Gasteiger partial charge is 0.416 e. The van der Waals surface area contributed by atoms with Crippen LogP contribution < -0.4 is 5.32 Å². The number of nitrogens with one attached hydrogen (secondary N) is 1. The van der Waals surface area contributed by atoms with Gasteiger partial charge in [0.2, 0.25) is 0 Å². The van der Waals surface area contributed by atoms with E-state index in [0.29, 0.717) is 6.42 Å². The summed E-state index contributed by atoms with van der Waals surface area (Å²) >= 11 is 0. The number of hydrogen-bond donors (Lipinski definition) is 1. The molecule has 1 atom stereocenters. The molecule has 2 nitrogen and oxygen atoms in total. The molecule has 0 radical (unpaired) electrons. The van der Waals surface area contributed by atoms with Crippen LogP contribution >= 0.6 is 0 Å². The van der Waals surface area contributed by atoms with E-state index < -0.39 is 23.4 Å². The second-order valence-electron chi connectivity index (χ2n) is 5.09. The van der Waals surface area contributed by atoms with E-state index in [-0.39, 0.29) is 5.56 Å². The summed E-state index contributed by atoms with van der Waals surface area (Å²) < 4.78 is 44.3. The van der Waals surface area contributed by atoms with E-state index in [1.165, 1.54) is 12.1 Å². The monoisotopic (exact) mass is 275 g/mol. The van der Waals surface area contributed by atoms with Gasteiger partial charge in [-0.2, -0.15) is 13.2 Å². The Kier molecular flexibility index (Phi) is 4.98. The molecule has 0 bridgehead atoms. The molecule has 0 aliphatic rings. The van der Waals surface area contributed by atoms with Gasteiger partial charge in [-0.05, 0) is 38.9 Å². The van der Waals surface area contributed by atoms with Crippen LogP contribution in [0.5, 0.6) is 0 Å². The average Bonchev–Trinajstić information content (AvgIpc) is 2.35. The van der Waals surface area contributed by atoms with E-state index in [0.717, 1.165) is 6.07 Å². The fraction of sp³-hybridized carbons (Fsp3) is 0.571. The Bertz CT molecular complexity index is 415. The molecule has 0 fully saturated rings. The van der Waals surface area contributed by atoms with Crippen molar-refractivity contribution in [3.63, 3.8) is 0 Å². The summed E-state index contributed by atoms with van der Waals surface area (Å²) in [7, 11) is 3.21. The Hall–Kier alpha value is -1.07. The Morgan fingerprint density at radius 1 is 1.21 bits per heavy atom. The van der Waals surface area contributed by atoms with E-state index in [4.69, 9.17) is 4.74 Å². The normalized spacial score (nSPS) is 14.5. The van der Waals surface area contributed by atoms with Crippen molar-refractivity contribution in [3.8, 4) is 0 Å². The fourth-order valence-electron chi connectivity index (χ4n) is 2.00. The van der Waals surface area contributed by atoms with Gasteiger partial charge in [-0.1, -0.05) is 18.2 Å². The third kappa shape index (κ3) is 4.21. The lowest BCUT2D eigenvalue weighted by atomic mass is 9.91. The highest BCUT2D eigenvalue weighted by Crippen LogP contribution is 2.36. The number of hydrogen-bond acceptors (Lipinski definition) is 2. The van der Waals surface area contributed by atoms with E-state index in [9.17, 15) is 13.2 Å². The lowest BCUT2D eigenvalue weighted by Gasteiger charge is -2.30. The fourth-order valence-corrected chi connectivity index (χ4v) is 2.00. The number of methoxy groups -OCH3 is 1. The summed E-state index contributed by atoms with van der Waals surface area (Å²) in [5.41, 5.74) is -0.837. The van der Waals surface area contributed by atoms with Crippen molar-refractivity contribution in [1.82, 2.24) is 5.32 Å². The SMILES string of the molecule is CNC(CC(C)(C)OC)c1ccccc1C(F)(F)F. The Balaban J connectivity index is 3.12. The molecule has 1 aromatic rings. The smallest absolute Gasteiger partial charge is 0.379 e. The molecule has 1 aromatic carbocycles. The second-order valence-corrected chi connectivity index (χ2v) is 5.09. The van der Waals surface area contributed by atoms with Gasteiger partial charge in [-0.3, -0.25) is 0 Å². The number of alkyl halides is 3. The molecule has 0 heterocycles. The molecule has 108 valence electrons. The van der Waals surface area contributed by atoms with Gasteiger partial charge < -0.3 is 10.1 Å². The first kappa shape index (κ1) is 16.0. The number of rotatable bonds is 5. The minimum Gasteiger partial charge on any atom is -0.379 e. The van der Waals surface area contributed by atoms with Crippen molar-refractivity contribution < 1.29 is 17.9 Å². The van der Waals surface area contributed by atoms with Crippen LogP contribution in [0.15, 0.2) is 24.3 Å². The van der Waals surface area contributed by atoms with Crippen LogP contribution in [0.25, 0.3) is 0 Å². The number of benzene rings is 1. The van der Waals surface area contributed by atoms with Gasteiger partial charge in [0, 0.05) is 13.2 Å². The van der Waals surface area contributed by atoms with Gasteiger partial charge in [0.25, 0.3) is 0 Å². The molecule has 0 amide bonds.